The van der Waals surface area contributed by atoms with E-state index in [0.717, 1.165) is 19.3 Å². The summed E-state index contributed by atoms with van der Waals surface area (Å²) in [5.41, 5.74) is 0. The van der Waals surface area contributed by atoms with E-state index in [4.69, 9.17) is 11.6 Å². The van der Waals surface area contributed by atoms with Crippen molar-refractivity contribution >= 4 is 23.3 Å². The Labute approximate surface area is 105 Å². The van der Waals surface area contributed by atoms with Gasteiger partial charge >= 0.3 is 0 Å². The number of aromatic nitrogens is 2. The van der Waals surface area contributed by atoms with Gasteiger partial charge in [0.2, 0.25) is 5.91 Å². The number of amides is 1. The van der Waals surface area contributed by atoms with Crippen molar-refractivity contribution in [2.75, 3.05) is 11.9 Å². The van der Waals surface area contributed by atoms with Gasteiger partial charge in [0.05, 0.1) is 0 Å². The Morgan fingerprint density at radius 2 is 2.29 bits per heavy atom. The molecule has 1 heterocycles. The number of nitrogens with zero attached hydrogens (tertiary/aromatic N) is 2. The Morgan fingerprint density at radius 3 is 3.00 bits per heavy atom. The fraction of sp³-hybridized carbons (Fsp3) is 0.545. The summed E-state index contributed by atoms with van der Waals surface area (Å²) in [7, 11) is 0. The first kappa shape index (κ1) is 12.1. The number of nitrogens with one attached hydrogen (secondary N) is 2. The SMILES string of the molecule is O=C(CCCNc1cc(Cl)ncn1)NC1CC1. The Bertz CT molecular complexity index is 395. The second-order valence-corrected chi connectivity index (χ2v) is 4.49. The highest BCUT2D eigenvalue weighted by Crippen LogP contribution is 2.18. The highest BCUT2D eigenvalue weighted by molar-refractivity contribution is 6.29. The summed E-state index contributed by atoms with van der Waals surface area (Å²) >= 11 is 5.72. The Morgan fingerprint density at radius 1 is 1.47 bits per heavy atom. The first-order valence-electron chi connectivity index (χ1n) is 5.75. The summed E-state index contributed by atoms with van der Waals surface area (Å²) in [4.78, 5) is 19.2. The highest BCUT2D eigenvalue weighted by atomic mass is 35.5. The monoisotopic (exact) mass is 254 g/mol. The third kappa shape index (κ3) is 4.56. The molecule has 17 heavy (non-hydrogen) atoms. The average molecular weight is 255 g/mol. The van der Waals surface area contributed by atoms with Crippen LogP contribution in [0.4, 0.5) is 5.82 Å². The van der Waals surface area contributed by atoms with Crippen LogP contribution in [0.3, 0.4) is 0 Å². The molecular weight excluding hydrogens is 240 g/mol. The zero-order valence-electron chi connectivity index (χ0n) is 9.45. The summed E-state index contributed by atoms with van der Waals surface area (Å²) in [6, 6.07) is 2.10. The van der Waals surface area contributed by atoms with Crippen molar-refractivity contribution < 1.29 is 4.79 Å². The first-order valence-corrected chi connectivity index (χ1v) is 6.12. The molecule has 0 atom stereocenters. The maximum atomic E-state index is 11.4. The molecule has 0 radical (unpaired) electrons. The molecule has 2 rings (SSSR count). The van der Waals surface area contributed by atoms with Gasteiger partial charge in [-0.05, 0) is 19.3 Å². The van der Waals surface area contributed by atoms with Crippen LogP contribution in [0.2, 0.25) is 5.15 Å². The normalized spacial score (nSPS) is 14.4. The maximum Gasteiger partial charge on any atom is 0.220 e. The minimum absolute atomic E-state index is 0.134. The van der Waals surface area contributed by atoms with E-state index in [2.05, 4.69) is 20.6 Å². The second kappa shape index (κ2) is 5.82. The Hall–Kier alpha value is -1.36. The van der Waals surface area contributed by atoms with Gasteiger partial charge < -0.3 is 10.6 Å². The number of anilines is 1. The smallest absolute Gasteiger partial charge is 0.220 e. The quantitative estimate of drug-likeness (QED) is 0.598. The molecule has 1 aliphatic rings. The van der Waals surface area contributed by atoms with Crippen LogP contribution in [0.1, 0.15) is 25.7 Å². The molecule has 0 saturated heterocycles. The van der Waals surface area contributed by atoms with E-state index < -0.39 is 0 Å². The third-order valence-electron chi connectivity index (χ3n) is 2.46. The summed E-state index contributed by atoms with van der Waals surface area (Å²) in [6.45, 7) is 0.700. The largest absolute Gasteiger partial charge is 0.370 e. The molecule has 6 heteroatoms. The molecule has 0 unspecified atom stereocenters. The van der Waals surface area contributed by atoms with Crippen LogP contribution in [0.5, 0.6) is 0 Å². The van der Waals surface area contributed by atoms with Crippen LogP contribution >= 0.6 is 11.6 Å². The molecule has 1 aromatic heterocycles. The molecule has 1 amide bonds. The van der Waals surface area contributed by atoms with Gasteiger partial charge in [0.1, 0.15) is 17.3 Å². The van der Waals surface area contributed by atoms with Crippen molar-refractivity contribution in [1.82, 2.24) is 15.3 Å². The number of halogens is 1. The van der Waals surface area contributed by atoms with E-state index in [9.17, 15) is 4.79 Å². The molecular formula is C11H15ClN4O. The predicted octanol–water partition coefficient (Wildman–Crippen LogP) is 1.60. The topological polar surface area (TPSA) is 66.9 Å². The van der Waals surface area contributed by atoms with E-state index in [-0.39, 0.29) is 5.91 Å². The molecule has 0 aliphatic heterocycles. The van der Waals surface area contributed by atoms with Crippen LogP contribution in [-0.4, -0.2) is 28.5 Å². The van der Waals surface area contributed by atoms with Crippen molar-refractivity contribution in [3.8, 4) is 0 Å². The lowest BCUT2D eigenvalue weighted by atomic mass is 10.3. The van der Waals surface area contributed by atoms with E-state index >= 15 is 0 Å². The van der Waals surface area contributed by atoms with Crippen LogP contribution in [0.15, 0.2) is 12.4 Å². The molecule has 92 valence electrons. The number of carbonyl (C=O) groups excluding carboxylic acids is 1. The van der Waals surface area contributed by atoms with E-state index in [1.165, 1.54) is 6.33 Å². The van der Waals surface area contributed by atoms with E-state index in [1.807, 2.05) is 0 Å². The fourth-order valence-electron chi connectivity index (χ4n) is 1.42. The summed E-state index contributed by atoms with van der Waals surface area (Å²) < 4.78 is 0. The molecule has 1 aromatic rings. The zero-order chi connectivity index (χ0) is 12.1. The van der Waals surface area contributed by atoms with Gasteiger partial charge in [0.15, 0.2) is 0 Å². The molecule has 0 bridgehead atoms. The number of carbonyl (C=O) groups is 1. The van der Waals surface area contributed by atoms with Crippen LogP contribution < -0.4 is 10.6 Å². The maximum absolute atomic E-state index is 11.4. The molecule has 0 spiro atoms. The van der Waals surface area contributed by atoms with Crippen LogP contribution in [0.25, 0.3) is 0 Å². The summed E-state index contributed by atoms with van der Waals surface area (Å²) in [5.74, 6) is 0.822. The Balaban J connectivity index is 1.60. The van der Waals surface area contributed by atoms with Gasteiger partial charge in [-0.25, -0.2) is 9.97 Å². The minimum Gasteiger partial charge on any atom is -0.370 e. The van der Waals surface area contributed by atoms with Crippen molar-refractivity contribution in [2.24, 2.45) is 0 Å². The standard InChI is InChI=1S/C11H15ClN4O/c12-9-6-10(15-7-14-9)13-5-1-2-11(17)16-8-3-4-8/h6-8H,1-5H2,(H,16,17)(H,13,14,15). The van der Waals surface area contributed by atoms with Gasteiger partial charge in [0.25, 0.3) is 0 Å². The number of hydrogen-bond acceptors (Lipinski definition) is 4. The molecule has 1 saturated carbocycles. The minimum atomic E-state index is 0.134. The van der Waals surface area contributed by atoms with Crippen molar-refractivity contribution in [2.45, 2.75) is 31.7 Å². The summed E-state index contributed by atoms with van der Waals surface area (Å²) in [6.07, 6.45) is 4.99. The lowest BCUT2D eigenvalue weighted by molar-refractivity contribution is -0.121. The van der Waals surface area contributed by atoms with Gasteiger partial charge in [0, 0.05) is 25.1 Å². The third-order valence-corrected chi connectivity index (χ3v) is 2.67. The first-order chi connectivity index (χ1) is 8.24. The average Bonchev–Trinajstić information content (AvgIpc) is 3.08. The van der Waals surface area contributed by atoms with Crippen molar-refractivity contribution in [3.05, 3.63) is 17.5 Å². The van der Waals surface area contributed by atoms with Gasteiger partial charge in [-0.2, -0.15) is 0 Å². The lowest BCUT2D eigenvalue weighted by Gasteiger charge is -2.05. The van der Waals surface area contributed by atoms with Crippen molar-refractivity contribution in [1.29, 1.82) is 0 Å². The molecule has 5 nitrogen and oxygen atoms in total. The van der Waals surface area contributed by atoms with Gasteiger partial charge in [-0.3, -0.25) is 4.79 Å². The van der Waals surface area contributed by atoms with E-state index in [1.54, 1.807) is 6.07 Å². The highest BCUT2D eigenvalue weighted by Gasteiger charge is 2.22. The van der Waals surface area contributed by atoms with Gasteiger partial charge in [-0.1, -0.05) is 11.6 Å². The van der Waals surface area contributed by atoms with Gasteiger partial charge in [-0.15, -0.1) is 0 Å². The number of hydrogen-bond donors (Lipinski definition) is 2. The molecule has 1 fully saturated rings. The molecule has 0 aromatic carbocycles. The molecule has 2 N–H and O–H groups in total. The fourth-order valence-corrected chi connectivity index (χ4v) is 1.57. The predicted molar refractivity (Wildman–Crippen MR) is 65.9 cm³/mol. The molecule has 1 aliphatic carbocycles. The number of rotatable bonds is 6. The second-order valence-electron chi connectivity index (χ2n) is 4.10. The Kier molecular flexibility index (Phi) is 4.14. The van der Waals surface area contributed by atoms with Crippen molar-refractivity contribution in [3.63, 3.8) is 0 Å². The van der Waals surface area contributed by atoms with E-state index in [0.29, 0.717) is 30.0 Å². The van der Waals surface area contributed by atoms with Crippen LogP contribution in [0, 0.1) is 0 Å². The summed E-state index contributed by atoms with van der Waals surface area (Å²) in [5, 5.41) is 6.45. The van der Waals surface area contributed by atoms with Crippen LogP contribution in [-0.2, 0) is 4.79 Å². The zero-order valence-corrected chi connectivity index (χ0v) is 10.2. The lowest BCUT2D eigenvalue weighted by Crippen LogP contribution is -2.25.